The summed E-state index contributed by atoms with van der Waals surface area (Å²) in [6.07, 6.45) is 10.2. The molecule has 20 nitrogen and oxygen atoms in total. The number of methoxy groups -OCH3 is 4. The molecule has 2 aliphatic rings. The van der Waals surface area contributed by atoms with E-state index >= 15 is 0 Å². The smallest absolute Gasteiger partial charge is 0.229 e. The van der Waals surface area contributed by atoms with E-state index in [1.54, 1.807) is 56.8 Å². The number of piperidine rings is 2. The molecular formula is C57H79Br2ClN12O8S2. The van der Waals surface area contributed by atoms with E-state index in [0.29, 0.717) is 84.1 Å². The largest absolute Gasteiger partial charge is 0.496 e. The van der Waals surface area contributed by atoms with Gasteiger partial charge in [0.25, 0.3) is 0 Å². The van der Waals surface area contributed by atoms with Crippen LogP contribution in [0.1, 0.15) is 55.4 Å². The van der Waals surface area contributed by atoms with Crippen LogP contribution in [0.25, 0.3) is 0 Å². The number of sulfone groups is 2. The molecule has 0 radical (unpaired) electrons. The SMILES string of the molecule is C.COc1cc(N2CCC(N(C)C)CC2)c(C)cc1N.COc1cc(N2CCC(N(C)C)CC2)c(C)cc1Nc1ncc(Br)c(Nc2cccc(OC)c2CS(C)(=O)=O)n1.COc1cccc(Nc2nc(Cl)ncc2Br)c1CS(C)(=O)=O. The van der Waals surface area contributed by atoms with Crippen LogP contribution in [0.2, 0.25) is 5.28 Å². The molecule has 0 saturated carbocycles. The van der Waals surface area contributed by atoms with Crippen LogP contribution in [0.15, 0.2) is 82.0 Å². The summed E-state index contributed by atoms with van der Waals surface area (Å²) < 4.78 is 70.5. The molecule has 0 spiro atoms. The van der Waals surface area contributed by atoms with Gasteiger partial charge >= 0.3 is 0 Å². The van der Waals surface area contributed by atoms with E-state index in [1.807, 2.05) is 6.07 Å². The van der Waals surface area contributed by atoms with Crippen LogP contribution in [0.3, 0.4) is 0 Å². The summed E-state index contributed by atoms with van der Waals surface area (Å²) in [5, 5.41) is 9.67. The van der Waals surface area contributed by atoms with E-state index < -0.39 is 19.7 Å². The standard InChI is InChI=1S/C28H37BrN6O4S.C15H25N3O.C13H13BrClN3O3S.CH4/c1-18-14-23(26(39-5)15-24(18)35-12-10-19(11-13-35)34(2)3)32-28-30-16-21(29)27(33-28)31-22-8-7-9-25(38-4)20(22)17-40(6,36)37;1-11-9-13(16)15(19-4)10-14(11)18-7-5-12(6-8-18)17(2)3;1-21-11-5-3-4-10(8(11)7-22(2,19)20)17-12-9(14)6-16-13(15)18-12;/h7-9,14-16,19H,10-13,17H2,1-6H3,(H2,30,31,32,33);9-10,12H,5-8,16H2,1-4H3;3-6H,7H2,1-2H3,(H,16,17,18);1H4. The van der Waals surface area contributed by atoms with Crippen molar-refractivity contribution in [1.29, 1.82) is 0 Å². The quantitative estimate of drug-likeness (QED) is 0.0463. The predicted octanol–water partition coefficient (Wildman–Crippen LogP) is 11.1. The lowest BCUT2D eigenvalue weighted by Gasteiger charge is -2.37. The average Bonchev–Trinajstić information content (AvgIpc) is 3.41. The molecular weight excluding hydrogens is 1240 g/mol. The van der Waals surface area contributed by atoms with Crippen LogP contribution in [-0.2, 0) is 31.2 Å². The number of ether oxygens (including phenoxy) is 4. The Kier molecular flexibility index (Phi) is 24.5. The van der Waals surface area contributed by atoms with E-state index in [4.69, 9.17) is 36.3 Å². The third-order valence-corrected chi connectivity index (χ3v) is 16.8. The van der Waals surface area contributed by atoms with Gasteiger partial charge in [0, 0.05) is 109 Å². The maximum Gasteiger partial charge on any atom is 0.229 e. The van der Waals surface area contributed by atoms with Gasteiger partial charge in [0.2, 0.25) is 11.2 Å². The zero-order valence-electron chi connectivity index (χ0n) is 48.0. The molecule has 2 fully saturated rings. The fraction of sp³-hybridized carbons (Fsp3) is 0.439. The number of rotatable bonds is 18. The summed E-state index contributed by atoms with van der Waals surface area (Å²) in [7, 11) is 8.40. The highest BCUT2D eigenvalue weighted by atomic mass is 79.9. The maximum atomic E-state index is 12.1. The summed E-state index contributed by atoms with van der Waals surface area (Å²) in [6.45, 7) is 8.39. The number of aromatic nitrogens is 4. The highest BCUT2D eigenvalue weighted by Gasteiger charge is 2.25. The monoisotopic (exact) mass is 1320 g/mol. The van der Waals surface area contributed by atoms with Crippen molar-refractivity contribution in [2.75, 3.05) is 127 Å². The average molecular weight is 1320 g/mol. The minimum Gasteiger partial charge on any atom is -0.496 e. The maximum absolute atomic E-state index is 12.1. The van der Waals surface area contributed by atoms with Gasteiger partial charge in [0.1, 0.15) is 34.6 Å². The second-order valence-corrected chi connectivity index (χ2v) is 26.6. The molecule has 0 aliphatic carbocycles. The van der Waals surface area contributed by atoms with Gasteiger partial charge in [-0.25, -0.2) is 26.8 Å². The van der Waals surface area contributed by atoms with E-state index in [1.165, 1.54) is 57.0 Å². The second kappa shape index (κ2) is 30.1. The van der Waals surface area contributed by atoms with Gasteiger partial charge in [0.15, 0.2) is 19.7 Å². The molecule has 0 bridgehead atoms. The molecule has 448 valence electrons. The highest BCUT2D eigenvalue weighted by molar-refractivity contribution is 9.11. The van der Waals surface area contributed by atoms with Gasteiger partial charge in [-0.1, -0.05) is 19.6 Å². The normalized spacial score (nSPS) is 14.0. The number of aryl methyl sites for hydroxylation is 2. The van der Waals surface area contributed by atoms with Gasteiger partial charge in [-0.05, 0) is 159 Å². The molecule has 4 aromatic carbocycles. The fourth-order valence-corrected chi connectivity index (χ4v) is 12.0. The van der Waals surface area contributed by atoms with Crippen LogP contribution in [0, 0.1) is 13.8 Å². The predicted molar refractivity (Wildman–Crippen MR) is 342 cm³/mol. The molecule has 0 amide bonds. The number of nitrogen functional groups attached to an aromatic ring is 1. The van der Waals surface area contributed by atoms with Crippen LogP contribution in [0.4, 0.5) is 51.7 Å². The number of nitrogens with zero attached hydrogens (tertiary/aromatic N) is 8. The molecule has 8 rings (SSSR count). The first-order valence-corrected chi connectivity index (χ1v) is 32.0. The third-order valence-electron chi connectivity index (χ3n) is 13.9. The van der Waals surface area contributed by atoms with Crippen LogP contribution >= 0.6 is 43.5 Å². The zero-order chi connectivity index (χ0) is 59.3. The molecule has 2 aliphatic heterocycles. The Balaban J connectivity index is 0.000000247. The van der Waals surface area contributed by atoms with Gasteiger partial charge in [-0.3, -0.25) is 0 Å². The van der Waals surface area contributed by atoms with Crippen molar-refractivity contribution in [2.24, 2.45) is 0 Å². The van der Waals surface area contributed by atoms with E-state index in [2.05, 4.69) is 148 Å². The molecule has 2 saturated heterocycles. The number of hydrogen-bond acceptors (Lipinski definition) is 20. The van der Waals surface area contributed by atoms with Gasteiger partial charge in [0.05, 0.1) is 60.3 Å². The first-order chi connectivity index (χ1) is 38.3. The van der Waals surface area contributed by atoms with Crippen molar-refractivity contribution in [3.63, 3.8) is 0 Å². The van der Waals surface area contributed by atoms with Crippen molar-refractivity contribution in [3.05, 3.63) is 110 Å². The summed E-state index contributed by atoms with van der Waals surface area (Å²) in [5.74, 6) is 3.35. The summed E-state index contributed by atoms with van der Waals surface area (Å²) in [6, 6.07) is 20.0. The summed E-state index contributed by atoms with van der Waals surface area (Å²) in [4.78, 5) is 26.5. The Morgan fingerprint density at radius 2 is 1.02 bits per heavy atom. The van der Waals surface area contributed by atoms with Crippen molar-refractivity contribution >= 4 is 115 Å². The molecule has 2 aromatic heterocycles. The van der Waals surface area contributed by atoms with Crippen molar-refractivity contribution in [1.82, 2.24) is 29.7 Å². The number of hydrogen-bond donors (Lipinski definition) is 4. The molecule has 6 aromatic rings. The molecule has 4 heterocycles. The second-order valence-electron chi connectivity index (χ2n) is 20.3. The van der Waals surface area contributed by atoms with Gasteiger partial charge < -0.3 is 60.2 Å². The Morgan fingerprint density at radius 1 is 0.610 bits per heavy atom. The molecule has 0 atom stereocenters. The number of nitrogens with two attached hydrogens (primary N) is 1. The van der Waals surface area contributed by atoms with Crippen molar-refractivity contribution in [2.45, 2.75) is 70.5 Å². The minimum atomic E-state index is -3.31. The molecule has 82 heavy (non-hydrogen) atoms. The Labute approximate surface area is 506 Å². The number of anilines is 9. The molecule has 0 unspecified atom stereocenters. The number of halogens is 3. The van der Waals surface area contributed by atoms with Crippen LogP contribution in [0.5, 0.6) is 23.0 Å². The first-order valence-electron chi connectivity index (χ1n) is 26.0. The summed E-state index contributed by atoms with van der Waals surface area (Å²) in [5.41, 5.74) is 14.4. The van der Waals surface area contributed by atoms with Crippen LogP contribution in [-0.4, -0.2) is 154 Å². The number of benzene rings is 4. The van der Waals surface area contributed by atoms with Gasteiger partial charge in [-0.2, -0.15) is 9.97 Å². The zero-order valence-corrected chi connectivity index (χ0v) is 53.6. The molecule has 25 heteroatoms. The van der Waals surface area contributed by atoms with Crippen molar-refractivity contribution in [3.8, 4) is 23.0 Å². The van der Waals surface area contributed by atoms with Crippen LogP contribution < -0.4 is 50.4 Å². The minimum absolute atomic E-state index is 0. The van der Waals surface area contributed by atoms with E-state index in [0.717, 1.165) is 61.7 Å². The van der Waals surface area contributed by atoms with E-state index in [9.17, 15) is 16.8 Å². The van der Waals surface area contributed by atoms with E-state index in [-0.39, 0.29) is 24.2 Å². The Morgan fingerprint density at radius 3 is 1.45 bits per heavy atom. The first kappa shape index (κ1) is 66.9. The lowest BCUT2D eigenvalue weighted by atomic mass is 10.0. The fourth-order valence-electron chi connectivity index (χ4n) is 9.64. The summed E-state index contributed by atoms with van der Waals surface area (Å²) >= 11 is 12.6. The Hall–Kier alpha value is -5.89. The topological polar surface area (TPSA) is 232 Å². The Bertz CT molecular complexity index is 3350. The highest BCUT2D eigenvalue weighted by Crippen LogP contribution is 2.39. The lowest BCUT2D eigenvalue weighted by molar-refractivity contribution is 0.249. The lowest BCUT2D eigenvalue weighted by Crippen LogP contribution is -2.42. The number of nitrogens with one attached hydrogen (secondary N) is 3. The van der Waals surface area contributed by atoms with Gasteiger partial charge in [-0.15, -0.1) is 0 Å². The third kappa shape index (κ3) is 18.6. The molecule has 5 N–H and O–H groups in total. The van der Waals surface area contributed by atoms with Crippen molar-refractivity contribution < 1.29 is 35.8 Å².